The normalized spacial score (nSPS) is 11.3. The van der Waals surface area contributed by atoms with E-state index in [1.54, 1.807) is 12.2 Å². The summed E-state index contributed by atoms with van der Waals surface area (Å²) in [7, 11) is 0. The smallest absolute Gasteiger partial charge is 0.550 e. The van der Waals surface area contributed by atoms with E-state index in [2.05, 4.69) is 0 Å². The van der Waals surface area contributed by atoms with Crippen LogP contribution in [0.3, 0.4) is 0 Å². The summed E-state index contributed by atoms with van der Waals surface area (Å²) in [6.07, 6.45) is 4.41. The number of hydrogen-bond donors (Lipinski definition) is 0. The van der Waals surface area contributed by atoms with E-state index in [9.17, 15) is 19.8 Å². The monoisotopic (exact) mass is 260 g/mol. The van der Waals surface area contributed by atoms with Gasteiger partial charge in [0.15, 0.2) is 0 Å². The number of carboxylic acids is 2. The zero-order valence-electron chi connectivity index (χ0n) is 10.4. The summed E-state index contributed by atoms with van der Waals surface area (Å²) < 4.78 is 0. The maximum Gasteiger partial charge on any atom is 1.00 e. The standard InChI is InChI=1S/C10H16O4.3CH4.2Li/c1-3-4-5-6-8(10(13)14)7(2)9(11)12;;;;;/h4-5,7-8H,3,6H2,1-2H3,(H,11,12)(H,13,14);3*1H4;;/q;;;;2*+1/p-2. The Morgan fingerprint density at radius 2 is 1.42 bits per heavy atom. The topological polar surface area (TPSA) is 80.3 Å². The Morgan fingerprint density at radius 1 is 1.00 bits per heavy atom. The summed E-state index contributed by atoms with van der Waals surface area (Å²) in [6.45, 7) is 3.22. The summed E-state index contributed by atoms with van der Waals surface area (Å²) in [5.74, 6) is -4.74. The third-order valence-electron chi connectivity index (χ3n) is 2.07. The Hall–Kier alpha value is -0.125. The van der Waals surface area contributed by atoms with Gasteiger partial charge in [0.25, 0.3) is 0 Å². The molecule has 0 fully saturated rings. The van der Waals surface area contributed by atoms with Crippen LogP contribution in [-0.4, -0.2) is 11.9 Å². The molecule has 6 heteroatoms. The van der Waals surface area contributed by atoms with Crippen molar-refractivity contribution in [1.82, 2.24) is 0 Å². The number of carbonyl (C=O) groups excluding carboxylic acids is 2. The van der Waals surface area contributed by atoms with Gasteiger partial charge in [-0.05, 0) is 12.8 Å². The van der Waals surface area contributed by atoms with Crippen molar-refractivity contribution in [3.8, 4) is 0 Å². The molecular formula is C13H26Li2O4. The Kier molecular flexibility index (Phi) is 38.7. The van der Waals surface area contributed by atoms with Crippen LogP contribution in [0, 0.1) is 11.8 Å². The fraction of sp³-hybridized carbons (Fsp3) is 0.692. The van der Waals surface area contributed by atoms with E-state index >= 15 is 0 Å². The number of carbonyl (C=O) groups is 2. The second-order valence-corrected chi connectivity index (χ2v) is 3.15. The first kappa shape index (κ1) is 36.4. The molecule has 0 rings (SSSR count). The van der Waals surface area contributed by atoms with Gasteiger partial charge in [0.2, 0.25) is 0 Å². The summed E-state index contributed by atoms with van der Waals surface area (Å²) in [4.78, 5) is 21.1. The largest absolute Gasteiger partial charge is 1.00 e. The average Bonchev–Trinajstić information content (AvgIpc) is 2.10. The maximum absolute atomic E-state index is 10.6. The number of rotatable bonds is 6. The van der Waals surface area contributed by atoms with E-state index in [4.69, 9.17) is 0 Å². The van der Waals surface area contributed by atoms with Crippen LogP contribution in [0.25, 0.3) is 0 Å². The minimum Gasteiger partial charge on any atom is -0.550 e. The van der Waals surface area contributed by atoms with Crippen molar-refractivity contribution < 1.29 is 57.5 Å². The zero-order valence-corrected chi connectivity index (χ0v) is 10.4. The molecule has 19 heavy (non-hydrogen) atoms. The van der Waals surface area contributed by atoms with Crippen LogP contribution in [-0.2, 0) is 9.59 Å². The molecule has 0 heterocycles. The Morgan fingerprint density at radius 3 is 1.68 bits per heavy atom. The van der Waals surface area contributed by atoms with Gasteiger partial charge in [-0.15, -0.1) is 0 Å². The van der Waals surface area contributed by atoms with Crippen molar-refractivity contribution in [2.75, 3.05) is 0 Å². The SMILES string of the molecule is C.C.C.CCC=CCC(C(=O)[O-])C(C)C(=O)[O-].[Li+].[Li+]. The molecule has 0 saturated carbocycles. The second-order valence-electron chi connectivity index (χ2n) is 3.15. The molecule has 0 spiro atoms. The van der Waals surface area contributed by atoms with E-state index in [1.807, 2.05) is 6.92 Å². The predicted molar refractivity (Wildman–Crippen MR) is 66.9 cm³/mol. The van der Waals surface area contributed by atoms with Crippen LogP contribution in [0.2, 0.25) is 0 Å². The molecule has 0 bridgehead atoms. The van der Waals surface area contributed by atoms with E-state index in [0.717, 1.165) is 6.42 Å². The van der Waals surface area contributed by atoms with E-state index in [0.29, 0.717) is 0 Å². The van der Waals surface area contributed by atoms with Gasteiger partial charge in [-0.3, -0.25) is 0 Å². The summed E-state index contributed by atoms with van der Waals surface area (Å²) >= 11 is 0. The van der Waals surface area contributed by atoms with Crippen molar-refractivity contribution in [2.45, 2.75) is 49.0 Å². The van der Waals surface area contributed by atoms with Crippen LogP contribution < -0.4 is 47.9 Å². The summed E-state index contributed by atoms with van der Waals surface area (Å²) in [5.41, 5.74) is 0. The Bertz CT molecular complexity index is 243. The Balaban J connectivity index is -0.0000000845. The summed E-state index contributed by atoms with van der Waals surface area (Å²) in [6, 6.07) is 0. The molecule has 104 valence electrons. The molecule has 0 aromatic carbocycles. The van der Waals surface area contributed by atoms with Crippen molar-refractivity contribution in [3.63, 3.8) is 0 Å². The molecule has 0 saturated heterocycles. The van der Waals surface area contributed by atoms with Gasteiger partial charge in [-0.25, -0.2) is 0 Å². The quantitative estimate of drug-likeness (QED) is 0.354. The molecule has 0 aromatic rings. The van der Waals surface area contributed by atoms with Gasteiger partial charge >= 0.3 is 37.7 Å². The molecule has 0 aliphatic heterocycles. The average molecular weight is 260 g/mol. The van der Waals surface area contributed by atoms with Gasteiger partial charge in [-0.1, -0.05) is 48.3 Å². The van der Waals surface area contributed by atoms with E-state index < -0.39 is 23.8 Å². The van der Waals surface area contributed by atoms with Crippen molar-refractivity contribution >= 4 is 11.9 Å². The van der Waals surface area contributed by atoms with Crippen LogP contribution >= 0.6 is 0 Å². The van der Waals surface area contributed by atoms with Crippen molar-refractivity contribution in [3.05, 3.63) is 12.2 Å². The third kappa shape index (κ3) is 15.8. The number of carboxylic acid groups (broad SMARTS) is 2. The molecule has 0 amide bonds. The predicted octanol–water partition coefficient (Wildman–Crippen LogP) is -4.99. The maximum atomic E-state index is 10.6. The van der Waals surface area contributed by atoms with E-state index in [1.165, 1.54) is 6.92 Å². The van der Waals surface area contributed by atoms with E-state index in [-0.39, 0.29) is 66.4 Å². The molecular weight excluding hydrogens is 234 g/mol. The first-order valence-corrected chi connectivity index (χ1v) is 4.57. The molecule has 0 aromatic heterocycles. The number of allylic oxidation sites excluding steroid dienone is 2. The first-order valence-electron chi connectivity index (χ1n) is 4.57. The molecule has 2 unspecified atom stereocenters. The fourth-order valence-electron chi connectivity index (χ4n) is 1.08. The van der Waals surface area contributed by atoms with Gasteiger partial charge in [0.1, 0.15) is 0 Å². The fourth-order valence-corrected chi connectivity index (χ4v) is 1.08. The summed E-state index contributed by atoms with van der Waals surface area (Å²) in [5, 5.41) is 21.1. The van der Waals surface area contributed by atoms with Crippen LogP contribution in [0.15, 0.2) is 12.2 Å². The van der Waals surface area contributed by atoms with Crippen molar-refractivity contribution in [1.29, 1.82) is 0 Å². The minimum absolute atomic E-state index is 0. The van der Waals surface area contributed by atoms with Gasteiger partial charge in [-0.2, -0.15) is 0 Å². The third-order valence-corrected chi connectivity index (χ3v) is 2.07. The first-order chi connectivity index (χ1) is 6.50. The Labute approximate surface area is 142 Å². The van der Waals surface area contributed by atoms with Crippen LogP contribution in [0.5, 0.6) is 0 Å². The second kappa shape index (κ2) is 20.2. The molecule has 0 aliphatic rings. The van der Waals surface area contributed by atoms with Gasteiger partial charge in [0, 0.05) is 23.8 Å². The minimum atomic E-state index is -1.36. The molecule has 2 atom stereocenters. The number of hydrogen-bond acceptors (Lipinski definition) is 4. The van der Waals surface area contributed by atoms with Crippen molar-refractivity contribution in [2.24, 2.45) is 11.8 Å². The van der Waals surface area contributed by atoms with Gasteiger partial charge in [0.05, 0.1) is 0 Å². The zero-order chi connectivity index (χ0) is 11.1. The molecule has 0 aliphatic carbocycles. The van der Waals surface area contributed by atoms with Crippen LogP contribution in [0.1, 0.15) is 49.0 Å². The van der Waals surface area contributed by atoms with Crippen LogP contribution in [0.4, 0.5) is 0 Å². The molecule has 0 radical (unpaired) electrons. The molecule has 0 N–H and O–H groups in total. The number of aliphatic carboxylic acids is 2. The van der Waals surface area contributed by atoms with Gasteiger partial charge < -0.3 is 19.8 Å². The molecule has 4 nitrogen and oxygen atoms in total.